The van der Waals surface area contributed by atoms with Gasteiger partial charge in [-0.2, -0.15) is 0 Å². The summed E-state index contributed by atoms with van der Waals surface area (Å²) in [6, 6.07) is 2.97. The summed E-state index contributed by atoms with van der Waals surface area (Å²) < 4.78 is 10.6. The molecule has 0 saturated heterocycles. The Hall–Kier alpha value is -2.09. The number of aliphatic hydroxyl groups excluding tert-OH is 2. The molecule has 1 aromatic rings. The smallest absolute Gasteiger partial charge is 0.342 e. The van der Waals surface area contributed by atoms with E-state index < -0.39 is 29.2 Å². The maximum atomic E-state index is 12.7. The summed E-state index contributed by atoms with van der Waals surface area (Å²) in [7, 11) is 1.47. The number of carbonyl (C=O) groups excluding carboxylic acids is 1. The van der Waals surface area contributed by atoms with Crippen molar-refractivity contribution in [3.05, 3.63) is 34.9 Å². The molecular formula is C24H32O7. The molecule has 2 saturated carbocycles. The van der Waals surface area contributed by atoms with Crippen molar-refractivity contribution < 1.29 is 34.7 Å². The quantitative estimate of drug-likeness (QED) is 0.426. The predicted molar refractivity (Wildman–Crippen MR) is 113 cm³/mol. The van der Waals surface area contributed by atoms with Crippen LogP contribution in [0.1, 0.15) is 49.5 Å². The second-order valence-electron chi connectivity index (χ2n) is 10.3. The predicted octanol–water partition coefficient (Wildman–Crippen LogP) is 2.33. The van der Waals surface area contributed by atoms with Crippen molar-refractivity contribution in [2.45, 2.75) is 58.3 Å². The average Bonchev–Trinajstić information content (AvgIpc) is 2.91. The fourth-order valence-electron chi connectivity index (χ4n) is 6.36. The second kappa shape index (κ2) is 6.95. The van der Waals surface area contributed by atoms with Crippen molar-refractivity contribution in [1.82, 2.24) is 0 Å². The number of allylic oxidation sites excluding steroid dienone is 1. The molecule has 0 bridgehead atoms. The van der Waals surface area contributed by atoms with Crippen molar-refractivity contribution in [2.75, 3.05) is 13.7 Å². The highest BCUT2D eigenvalue weighted by Crippen LogP contribution is 2.68. The van der Waals surface area contributed by atoms with Crippen LogP contribution in [0.3, 0.4) is 0 Å². The normalized spacial score (nSPS) is 37.9. The van der Waals surface area contributed by atoms with E-state index >= 15 is 0 Å². The molecule has 3 aliphatic rings. The monoisotopic (exact) mass is 432 g/mol. The van der Waals surface area contributed by atoms with Gasteiger partial charge in [-0.15, -0.1) is 0 Å². The molecule has 7 nitrogen and oxygen atoms in total. The number of esters is 1. The van der Waals surface area contributed by atoms with Crippen LogP contribution in [0, 0.1) is 29.6 Å². The van der Waals surface area contributed by atoms with E-state index in [0.717, 1.165) is 6.42 Å². The van der Waals surface area contributed by atoms with Crippen molar-refractivity contribution in [3.8, 4) is 11.5 Å². The van der Waals surface area contributed by atoms with E-state index in [2.05, 4.69) is 0 Å². The van der Waals surface area contributed by atoms with Gasteiger partial charge in [0.1, 0.15) is 29.3 Å². The highest BCUT2D eigenvalue weighted by Gasteiger charge is 2.73. The Morgan fingerprint density at radius 3 is 2.45 bits per heavy atom. The van der Waals surface area contributed by atoms with Gasteiger partial charge in [-0.05, 0) is 48.3 Å². The van der Waals surface area contributed by atoms with Gasteiger partial charge < -0.3 is 29.9 Å². The van der Waals surface area contributed by atoms with E-state index in [1.165, 1.54) is 13.2 Å². The molecule has 0 heterocycles. The molecule has 0 spiro atoms. The minimum atomic E-state index is -1.56. The maximum absolute atomic E-state index is 12.7. The van der Waals surface area contributed by atoms with Gasteiger partial charge in [-0.3, -0.25) is 0 Å². The molecule has 0 radical (unpaired) electrons. The Kier molecular flexibility index (Phi) is 4.96. The number of aliphatic hydroxyl groups is 3. The minimum absolute atomic E-state index is 0.0209. The second-order valence-corrected chi connectivity index (χ2v) is 10.3. The Balaban J connectivity index is 1.62. The SMILES string of the molecule is COc1cc(C)c(C(=O)OCC2=C[C@@H]3CC(C)(C)[C@H](O)[C@@H]3[C@@]3(C)C[C@@H](O)[C@@]23O)c(O)c1. The number of hydrogen-bond donors (Lipinski definition) is 4. The van der Waals surface area contributed by atoms with Crippen LogP contribution in [0.2, 0.25) is 0 Å². The molecule has 7 heteroatoms. The summed E-state index contributed by atoms with van der Waals surface area (Å²) in [6.07, 6.45) is 1.41. The third-order valence-corrected chi connectivity index (χ3v) is 8.06. The number of methoxy groups -OCH3 is 1. The van der Waals surface area contributed by atoms with E-state index in [0.29, 0.717) is 23.3 Å². The lowest BCUT2D eigenvalue weighted by Crippen LogP contribution is -2.73. The number of aryl methyl sites for hydroxylation is 1. The molecule has 0 unspecified atom stereocenters. The molecule has 0 aliphatic heterocycles. The van der Waals surface area contributed by atoms with Gasteiger partial charge >= 0.3 is 5.97 Å². The number of aromatic hydroxyl groups is 1. The van der Waals surface area contributed by atoms with Crippen molar-refractivity contribution in [3.63, 3.8) is 0 Å². The highest BCUT2D eigenvalue weighted by atomic mass is 16.5. The third kappa shape index (κ3) is 2.93. The molecular weight excluding hydrogens is 400 g/mol. The number of benzene rings is 1. The van der Waals surface area contributed by atoms with Gasteiger partial charge in [0.25, 0.3) is 0 Å². The van der Waals surface area contributed by atoms with Crippen LogP contribution in [0.5, 0.6) is 11.5 Å². The van der Waals surface area contributed by atoms with Gasteiger partial charge in [0.05, 0.1) is 19.3 Å². The van der Waals surface area contributed by atoms with Crippen LogP contribution in [0.25, 0.3) is 0 Å². The van der Waals surface area contributed by atoms with Crippen LogP contribution in [-0.2, 0) is 4.74 Å². The van der Waals surface area contributed by atoms with Crippen LogP contribution in [0.15, 0.2) is 23.8 Å². The van der Waals surface area contributed by atoms with E-state index in [-0.39, 0.29) is 35.2 Å². The van der Waals surface area contributed by atoms with Crippen molar-refractivity contribution in [1.29, 1.82) is 0 Å². The Morgan fingerprint density at radius 1 is 1.19 bits per heavy atom. The zero-order valence-corrected chi connectivity index (χ0v) is 18.7. The molecule has 170 valence electrons. The number of phenolic OH excluding ortho intramolecular Hbond substituents is 1. The first-order chi connectivity index (χ1) is 14.4. The highest BCUT2D eigenvalue weighted by molar-refractivity contribution is 5.94. The number of rotatable bonds is 4. The number of phenols is 1. The first-order valence-corrected chi connectivity index (χ1v) is 10.7. The number of ether oxygens (including phenoxy) is 2. The zero-order chi connectivity index (χ0) is 22.9. The molecule has 0 aromatic heterocycles. The zero-order valence-electron chi connectivity index (χ0n) is 18.7. The third-order valence-electron chi connectivity index (χ3n) is 8.06. The van der Waals surface area contributed by atoms with E-state index in [1.54, 1.807) is 13.0 Å². The fraction of sp³-hybridized carbons (Fsp3) is 0.625. The standard InChI is InChI=1S/C24H32O7/c1-12-6-15(30-5)8-16(25)18(12)21(28)31-11-14-7-13-9-22(2,3)20(27)19(13)23(4)10-17(26)24(14,23)29/h6-8,13,17,19-20,25-27,29H,9-11H2,1-5H3/t13-,17-,19-,20-,23-,24+/m1/s1. The van der Waals surface area contributed by atoms with Crippen LogP contribution < -0.4 is 4.74 Å². The summed E-state index contributed by atoms with van der Waals surface area (Å²) >= 11 is 0. The Labute approximate surface area is 182 Å². The molecule has 0 amide bonds. The Bertz CT molecular complexity index is 928. The van der Waals surface area contributed by atoms with Crippen LogP contribution in [0.4, 0.5) is 0 Å². The number of hydrogen-bond acceptors (Lipinski definition) is 7. The molecule has 3 aliphatic carbocycles. The van der Waals surface area contributed by atoms with E-state index in [4.69, 9.17) is 9.47 Å². The topological polar surface area (TPSA) is 116 Å². The van der Waals surface area contributed by atoms with Gasteiger partial charge in [0.15, 0.2) is 0 Å². The summed E-state index contributed by atoms with van der Waals surface area (Å²) in [5.74, 6) is -0.688. The van der Waals surface area contributed by atoms with Crippen LogP contribution in [-0.4, -0.2) is 57.9 Å². The first kappa shape index (κ1) is 22.1. The number of fused-ring (bicyclic) bond motifs is 3. The summed E-state index contributed by atoms with van der Waals surface area (Å²) in [5, 5.41) is 43.3. The summed E-state index contributed by atoms with van der Waals surface area (Å²) in [4.78, 5) is 12.7. The lowest BCUT2D eigenvalue weighted by Gasteiger charge is -2.65. The van der Waals surface area contributed by atoms with E-state index in [9.17, 15) is 25.2 Å². The van der Waals surface area contributed by atoms with Gasteiger partial charge in [0, 0.05) is 17.4 Å². The lowest BCUT2D eigenvalue weighted by atomic mass is 9.44. The first-order valence-electron chi connectivity index (χ1n) is 10.7. The average molecular weight is 433 g/mol. The van der Waals surface area contributed by atoms with Gasteiger partial charge in [0.2, 0.25) is 0 Å². The summed E-state index contributed by atoms with van der Waals surface area (Å²) in [6.45, 7) is 7.39. The molecule has 4 N–H and O–H groups in total. The fourth-order valence-corrected chi connectivity index (χ4v) is 6.36. The van der Waals surface area contributed by atoms with Crippen molar-refractivity contribution in [2.24, 2.45) is 22.7 Å². The Morgan fingerprint density at radius 2 is 1.87 bits per heavy atom. The van der Waals surface area contributed by atoms with Crippen molar-refractivity contribution >= 4 is 5.97 Å². The lowest BCUT2D eigenvalue weighted by molar-refractivity contribution is -0.261. The molecule has 1 aromatic carbocycles. The largest absolute Gasteiger partial charge is 0.507 e. The number of carbonyl (C=O) groups is 1. The molecule has 4 rings (SSSR count). The maximum Gasteiger partial charge on any atom is 0.342 e. The molecule has 31 heavy (non-hydrogen) atoms. The van der Waals surface area contributed by atoms with Gasteiger partial charge in [-0.25, -0.2) is 4.79 Å². The molecule has 6 atom stereocenters. The van der Waals surface area contributed by atoms with Gasteiger partial charge in [-0.1, -0.05) is 26.8 Å². The van der Waals surface area contributed by atoms with E-state index in [1.807, 2.05) is 26.8 Å². The molecule has 2 fully saturated rings. The summed E-state index contributed by atoms with van der Waals surface area (Å²) in [5.41, 5.74) is -1.58. The van der Waals surface area contributed by atoms with Crippen LogP contribution >= 0.6 is 0 Å². The minimum Gasteiger partial charge on any atom is -0.507 e.